The van der Waals surface area contributed by atoms with Gasteiger partial charge in [-0.25, -0.2) is 9.37 Å². The van der Waals surface area contributed by atoms with Crippen molar-refractivity contribution in [1.82, 2.24) is 4.98 Å². The van der Waals surface area contributed by atoms with Crippen LogP contribution in [0.15, 0.2) is 48.7 Å². The van der Waals surface area contributed by atoms with Gasteiger partial charge < -0.3 is 18.9 Å². The Hall–Kier alpha value is -4.40. The van der Waals surface area contributed by atoms with Crippen LogP contribution in [-0.2, 0) is 20.7 Å². The van der Waals surface area contributed by atoms with Crippen LogP contribution in [0.4, 0.5) is 4.39 Å². The molecule has 0 bridgehead atoms. The average molecular weight is 541 g/mol. The van der Waals surface area contributed by atoms with Gasteiger partial charge in [0.05, 0.1) is 32.7 Å². The van der Waals surface area contributed by atoms with Gasteiger partial charge in [-0.15, -0.1) is 5.92 Å². The molecule has 0 saturated carbocycles. The van der Waals surface area contributed by atoms with E-state index in [1.807, 2.05) is 24.3 Å². The van der Waals surface area contributed by atoms with Gasteiger partial charge in [0.1, 0.15) is 35.4 Å². The Morgan fingerprint density at radius 3 is 2.73 bits per heavy atom. The normalized spacial score (nSPS) is 18.1. The molecule has 8 heteroatoms. The maximum Gasteiger partial charge on any atom is 0.307 e. The van der Waals surface area contributed by atoms with Crippen LogP contribution in [0.2, 0.25) is 0 Å². The highest BCUT2D eigenvalue weighted by Crippen LogP contribution is 2.42. The fourth-order valence-corrected chi connectivity index (χ4v) is 5.22. The Morgan fingerprint density at radius 2 is 2.02 bits per heavy atom. The lowest BCUT2D eigenvalue weighted by Gasteiger charge is -2.18. The fourth-order valence-electron chi connectivity index (χ4n) is 5.22. The van der Waals surface area contributed by atoms with Crippen molar-refractivity contribution < 1.29 is 28.1 Å². The molecule has 1 aromatic heterocycles. The molecule has 2 aliphatic rings. The van der Waals surface area contributed by atoms with Crippen LogP contribution in [0.1, 0.15) is 60.5 Å². The number of aromatic nitrogens is 1. The first-order valence-corrected chi connectivity index (χ1v) is 13.2. The van der Waals surface area contributed by atoms with Crippen LogP contribution in [-0.4, -0.2) is 37.4 Å². The van der Waals surface area contributed by atoms with Crippen molar-refractivity contribution in [2.45, 2.75) is 50.7 Å². The molecule has 1 saturated heterocycles. The minimum Gasteiger partial charge on any atom is -0.486 e. The Kier molecular flexibility index (Phi) is 8.28. The molecule has 1 fully saturated rings. The number of rotatable bonds is 8. The van der Waals surface area contributed by atoms with E-state index < -0.39 is 6.10 Å². The summed E-state index contributed by atoms with van der Waals surface area (Å²) in [5.74, 6) is 5.85. The monoisotopic (exact) mass is 540 g/mol. The van der Waals surface area contributed by atoms with Gasteiger partial charge in [-0.2, -0.15) is 5.26 Å². The SMILES string of the molecule is CC#CC(CC(=O)OC)c1ccc(O[C@@H]2CCc3c(-c4cnc(O[C@@H]5CCOC5)c(C#N)c4)ccc(F)c32)cc1. The summed E-state index contributed by atoms with van der Waals surface area (Å²) < 4.78 is 37.4. The maximum absolute atomic E-state index is 15.1. The minimum atomic E-state index is -0.463. The zero-order valence-corrected chi connectivity index (χ0v) is 22.4. The number of fused-ring (bicyclic) bond motifs is 1. The quantitative estimate of drug-likeness (QED) is 0.269. The van der Waals surface area contributed by atoms with Crippen LogP contribution < -0.4 is 9.47 Å². The van der Waals surface area contributed by atoms with Crippen molar-refractivity contribution in [3.63, 3.8) is 0 Å². The van der Waals surface area contributed by atoms with Gasteiger partial charge in [-0.05, 0) is 60.7 Å². The highest BCUT2D eigenvalue weighted by atomic mass is 19.1. The number of esters is 1. The Bertz CT molecular complexity index is 1500. The second kappa shape index (κ2) is 12.2. The van der Waals surface area contributed by atoms with Gasteiger partial charge in [0.2, 0.25) is 5.88 Å². The topological polar surface area (TPSA) is 90.7 Å². The van der Waals surface area contributed by atoms with E-state index in [0.717, 1.165) is 28.7 Å². The third-order valence-corrected chi connectivity index (χ3v) is 7.21. The number of hydrogen-bond donors (Lipinski definition) is 0. The second-order valence-electron chi connectivity index (χ2n) is 9.72. The first kappa shape index (κ1) is 27.2. The Labute approximate surface area is 232 Å². The van der Waals surface area contributed by atoms with Crippen molar-refractivity contribution in [2.24, 2.45) is 0 Å². The van der Waals surface area contributed by atoms with E-state index in [9.17, 15) is 10.1 Å². The minimum absolute atomic E-state index is 0.120. The van der Waals surface area contributed by atoms with Crippen molar-refractivity contribution in [3.8, 4) is 40.7 Å². The first-order chi connectivity index (χ1) is 19.5. The van der Waals surface area contributed by atoms with E-state index in [1.54, 1.807) is 25.3 Å². The molecule has 5 rings (SSSR count). The number of benzene rings is 2. The van der Waals surface area contributed by atoms with Crippen molar-refractivity contribution in [1.29, 1.82) is 5.26 Å². The smallest absolute Gasteiger partial charge is 0.307 e. The van der Waals surface area contributed by atoms with Gasteiger partial charge in [-0.1, -0.05) is 24.1 Å². The molecule has 7 nitrogen and oxygen atoms in total. The molecule has 2 heterocycles. The van der Waals surface area contributed by atoms with Crippen molar-refractivity contribution >= 4 is 5.97 Å². The molecule has 1 aliphatic carbocycles. The van der Waals surface area contributed by atoms with Gasteiger partial charge in [0.25, 0.3) is 0 Å². The predicted molar refractivity (Wildman–Crippen MR) is 145 cm³/mol. The number of halogens is 1. The molecule has 1 aliphatic heterocycles. The van der Waals surface area contributed by atoms with Crippen LogP contribution in [0.3, 0.4) is 0 Å². The van der Waals surface area contributed by atoms with Crippen LogP contribution in [0.5, 0.6) is 11.6 Å². The summed E-state index contributed by atoms with van der Waals surface area (Å²) in [4.78, 5) is 16.2. The molecule has 40 heavy (non-hydrogen) atoms. The molecule has 0 radical (unpaired) electrons. The summed E-state index contributed by atoms with van der Waals surface area (Å²) in [7, 11) is 1.36. The summed E-state index contributed by atoms with van der Waals surface area (Å²) in [5, 5.41) is 9.74. The number of pyridine rings is 1. The summed E-state index contributed by atoms with van der Waals surface area (Å²) in [6, 6.07) is 14.4. The average Bonchev–Trinajstić information content (AvgIpc) is 3.64. The van der Waals surface area contributed by atoms with Crippen molar-refractivity contribution in [3.05, 3.63) is 76.7 Å². The summed E-state index contributed by atoms with van der Waals surface area (Å²) in [6.07, 6.45) is 3.23. The zero-order chi connectivity index (χ0) is 28.1. The third-order valence-electron chi connectivity index (χ3n) is 7.21. The molecular weight excluding hydrogens is 511 g/mol. The molecule has 1 unspecified atom stereocenters. The molecule has 3 aromatic rings. The summed E-state index contributed by atoms with van der Waals surface area (Å²) in [6.45, 7) is 2.83. The van der Waals surface area contributed by atoms with Crippen LogP contribution in [0, 0.1) is 29.0 Å². The van der Waals surface area contributed by atoms with E-state index in [0.29, 0.717) is 42.9 Å². The number of methoxy groups -OCH3 is 1. The lowest BCUT2D eigenvalue weighted by molar-refractivity contribution is -0.140. The summed E-state index contributed by atoms with van der Waals surface area (Å²) >= 11 is 0. The van der Waals surface area contributed by atoms with Crippen LogP contribution in [0.25, 0.3) is 11.1 Å². The van der Waals surface area contributed by atoms with Crippen LogP contribution >= 0.6 is 0 Å². The number of ether oxygens (including phenoxy) is 4. The molecule has 0 N–H and O–H groups in total. The first-order valence-electron chi connectivity index (χ1n) is 13.2. The molecule has 204 valence electrons. The lowest BCUT2D eigenvalue weighted by atomic mass is 9.96. The van der Waals surface area contributed by atoms with Gasteiger partial charge in [0.15, 0.2) is 0 Å². The molecule has 0 amide bonds. The number of nitrogens with zero attached hydrogens (tertiary/aromatic N) is 2. The van der Waals surface area contributed by atoms with E-state index in [-0.39, 0.29) is 36.1 Å². The number of carbonyl (C=O) groups excluding carboxylic acids is 1. The van der Waals surface area contributed by atoms with Gasteiger partial charge in [0, 0.05) is 23.7 Å². The largest absolute Gasteiger partial charge is 0.486 e. The molecular formula is C32H29FN2O5. The Morgan fingerprint density at radius 1 is 1.20 bits per heavy atom. The van der Waals surface area contributed by atoms with E-state index in [2.05, 4.69) is 22.9 Å². The Balaban J connectivity index is 1.36. The summed E-state index contributed by atoms with van der Waals surface area (Å²) in [5.41, 5.74) is 4.11. The van der Waals surface area contributed by atoms with E-state index in [4.69, 9.17) is 18.9 Å². The highest BCUT2D eigenvalue weighted by Gasteiger charge is 2.31. The van der Waals surface area contributed by atoms with Gasteiger partial charge >= 0.3 is 5.97 Å². The number of carbonyl (C=O) groups is 1. The molecule has 0 spiro atoms. The maximum atomic E-state index is 15.1. The predicted octanol–water partition coefficient (Wildman–Crippen LogP) is 5.66. The zero-order valence-electron chi connectivity index (χ0n) is 22.4. The number of hydrogen-bond acceptors (Lipinski definition) is 7. The third kappa shape index (κ3) is 5.78. The lowest BCUT2D eigenvalue weighted by Crippen LogP contribution is -2.17. The van der Waals surface area contributed by atoms with E-state index >= 15 is 4.39 Å². The second-order valence-corrected chi connectivity index (χ2v) is 9.72. The standard InChI is InChI=1S/C32H29FN2O5/c1-3-4-21(16-30(36)37-2)20-5-7-24(8-6-20)39-29-12-10-27-26(9-11-28(33)31(27)29)23-15-22(17-34)32(35-18-23)40-25-13-14-38-19-25/h5-9,11,15,18,21,25,29H,10,12-14,16,19H2,1-2H3/t21?,25-,29-/m1/s1. The number of nitriles is 1. The van der Waals surface area contributed by atoms with Crippen molar-refractivity contribution in [2.75, 3.05) is 20.3 Å². The fraction of sp³-hybridized carbons (Fsp3) is 0.344. The molecule has 3 atom stereocenters. The molecule has 2 aromatic carbocycles. The highest BCUT2D eigenvalue weighted by molar-refractivity contribution is 5.72. The van der Waals surface area contributed by atoms with Gasteiger partial charge in [-0.3, -0.25) is 4.79 Å². The van der Waals surface area contributed by atoms with E-state index in [1.165, 1.54) is 13.2 Å².